The highest BCUT2D eigenvalue weighted by molar-refractivity contribution is 5.87. The Morgan fingerprint density at radius 1 is 0.714 bits per heavy atom. The maximum absolute atomic E-state index is 11.6. The normalized spacial score (nSPS) is 21.1. The zero-order valence-corrected chi connectivity index (χ0v) is 12.9. The van der Waals surface area contributed by atoms with Crippen LogP contribution in [0.3, 0.4) is 0 Å². The summed E-state index contributed by atoms with van der Waals surface area (Å²) < 4.78 is 4.83. The van der Waals surface area contributed by atoms with E-state index in [1.807, 2.05) is 0 Å². The fourth-order valence-electron chi connectivity index (χ4n) is 3.27. The maximum Gasteiger partial charge on any atom is 0.327 e. The van der Waals surface area contributed by atoms with Gasteiger partial charge in [0.2, 0.25) is 0 Å². The van der Waals surface area contributed by atoms with E-state index in [1.54, 1.807) is 0 Å². The molecule has 0 aromatic heterocycles. The molecule has 2 saturated carbocycles. The number of rotatable bonds is 6. The van der Waals surface area contributed by atoms with Crippen LogP contribution in [0, 0.1) is 0 Å². The summed E-state index contributed by atoms with van der Waals surface area (Å²) in [5, 5.41) is 6.37. The second-order valence-corrected chi connectivity index (χ2v) is 6.28. The van der Waals surface area contributed by atoms with Crippen LogP contribution in [0.25, 0.3) is 0 Å². The first-order valence-corrected chi connectivity index (χ1v) is 8.44. The van der Waals surface area contributed by atoms with Crippen LogP contribution in [-0.4, -0.2) is 37.1 Å². The zero-order chi connectivity index (χ0) is 14.9. The summed E-state index contributed by atoms with van der Waals surface area (Å²) in [7, 11) is 0. The van der Waals surface area contributed by atoms with Crippen molar-refractivity contribution >= 4 is 11.9 Å². The van der Waals surface area contributed by atoms with Crippen molar-refractivity contribution in [2.45, 2.75) is 76.3 Å². The Hall–Kier alpha value is -0.940. The van der Waals surface area contributed by atoms with Gasteiger partial charge in [-0.3, -0.25) is 9.59 Å². The lowest BCUT2D eigenvalue weighted by Gasteiger charge is -2.23. The number of esters is 2. The van der Waals surface area contributed by atoms with E-state index >= 15 is 0 Å². The molecule has 2 aliphatic carbocycles. The van der Waals surface area contributed by atoms with Crippen molar-refractivity contribution < 1.29 is 14.3 Å². The highest BCUT2D eigenvalue weighted by Gasteiger charge is 2.18. The fourth-order valence-corrected chi connectivity index (χ4v) is 3.27. The molecule has 0 aliphatic heterocycles. The van der Waals surface area contributed by atoms with Crippen molar-refractivity contribution in [1.82, 2.24) is 10.6 Å². The molecular formula is C16H28N2O3. The third kappa shape index (κ3) is 6.57. The van der Waals surface area contributed by atoms with Crippen LogP contribution in [0.2, 0.25) is 0 Å². The molecule has 120 valence electrons. The summed E-state index contributed by atoms with van der Waals surface area (Å²) in [6, 6.07) is 0.809. The molecule has 0 aromatic rings. The Balaban J connectivity index is 1.54. The van der Waals surface area contributed by atoms with Crippen molar-refractivity contribution in [3.8, 4) is 0 Å². The van der Waals surface area contributed by atoms with Gasteiger partial charge in [-0.05, 0) is 25.7 Å². The fraction of sp³-hybridized carbons (Fsp3) is 0.875. The van der Waals surface area contributed by atoms with Gasteiger partial charge in [0.15, 0.2) is 0 Å². The molecule has 5 heteroatoms. The Kier molecular flexibility index (Phi) is 7.16. The molecule has 2 N–H and O–H groups in total. The van der Waals surface area contributed by atoms with Crippen LogP contribution in [0.15, 0.2) is 0 Å². The SMILES string of the molecule is O=C(CNC1CCCCC1)OC(=O)CNC1CCCCC1. The third-order valence-electron chi connectivity index (χ3n) is 4.51. The highest BCUT2D eigenvalue weighted by atomic mass is 16.6. The van der Waals surface area contributed by atoms with Gasteiger partial charge >= 0.3 is 11.9 Å². The van der Waals surface area contributed by atoms with Crippen LogP contribution in [0.1, 0.15) is 64.2 Å². The topological polar surface area (TPSA) is 67.4 Å². The van der Waals surface area contributed by atoms with Gasteiger partial charge in [0, 0.05) is 12.1 Å². The minimum Gasteiger partial charge on any atom is -0.391 e. The van der Waals surface area contributed by atoms with E-state index < -0.39 is 11.9 Å². The van der Waals surface area contributed by atoms with Crippen LogP contribution in [0.5, 0.6) is 0 Å². The Morgan fingerprint density at radius 3 is 1.48 bits per heavy atom. The number of ether oxygens (including phenoxy) is 1. The van der Waals surface area contributed by atoms with Gasteiger partial charge in [-0.25, -0.2) is 0 Å². The Labute approximate surface area is 127 Å². The molecule has 0 amide bonds. The van der Waals surface area contributed by atoms with E-state index in [0.717, 1.165) is 25.7 Å². The first-order chi connectivity index (χ1) is 10.2. The Morgan fingerprint density at radius 2 is 1.10 bits per heavy atom. The van der Waals surface area contributed by atoms with Gasteiger partial charge in [-0.15, -0.1) is 0 Å². The molecule has 0 heterocycles. The average molecular weight is 296 g/mol. The second-order valence-electron chi connectivity index (χ2n) is 6.28. The quantitative estimate of drug-likeness (QED) is 0.579. The van der Waals surface area contributed by atoms with Crippen molar-refractivity contribution in [2.24, 2.45) is 0 Å². The highest BCUT2D eigenvalue weighted by Crippen LogP contribution is 2.17. The van der Waals surface area contributed by atoms with Crippen molar-refractivity contribution in [2.75, 3.05) is 13.1 Å². The van der Waals surface area contributed by atoms with Crippen molar-refractivity contribution in [3.63, 3.8) is 0 Å². The summed E-state index contributed by atoms with van der Waals surface area (Å²) >= 11 is 0. The molecule has 0 saturated heterocycles. The summed E-state index contributed by atoms with van der Waals surface area (Å²) in [6.45, 7) is 0.277. The number of carbonyl (C=O) groups excluding carboxylic acids is 2. The summed E-state index contributed by atoms with van der Waals surface area (Å²) in [6.07, 6.45) is 11.9. The molecule has 2 aliphatic rings. The van der Waals surface area contributed by atoms with E-state index in [0.29, 0.717) is 12.1 Å². The number of nitrogens with one attached hydrogen (secondary N) is 2. The smallest absolute Gasteiger partial charge is 0.327 e. The maximum atomic E-state index is 11.6. The van der Waals surface area contributed by atoms with Gasteiger partial charge in [0.1, 0.15) is 0 Å². The predicted octanol–water partition coefficient (Wildman–Crippen LogP) is 1.90. The van der Waals surface area contributed by atoms with Gasteiger partial charge in [-0.2, -0.15) is 0 Å². The van der Waals surface area contributed by atoms with E-state index in [1.165, 1.54) is 38.5 Å². The third-order valence-corrected chi connectivity index (χ3v) is 4.51. The van der Waals surface area contributed by atoms with Crippen LogP contribution in [-0.2, 0) is 14.3 Å². The lowest BCUT2D eigenvalue weighted by Crippen LogP contribution is -2.39. The van der Waals surface area contributed by atoms with Gasteiger partial charge < -0.3 is 15.4 Å². The monoisotopic (exact) mass is 296 g/mol. The van der Waals surface area contributed by atoms with Gasteiger partial charge in [0.05, 0.1) is 13.1 Å². The van der Waals surface area contributed by atoms with Crippen LogP contribution >= 0.6 is 0 Å². The molecule has 0 aromatic carbocycles. The van der Waals surface area contributed by atoms with Crippen LogP contribution < -0.4 is 10.6 Å². The summed E-state index contributed by atoms with van der Waals surface area (Å²) in [5.74, 6) is -0.924. The molecule has 0 spiro atoms. The largest absolute Gasteiger partial charge is 0.391 e. The lowest BCUT2D eigenvalue weighted by atomic mass is 9.95. The van der Waals surface area contributed by atoms with E-state index in [2.05, 4.69) is 10.6 Å². The average Bonchev–Trinajstić information content (AvgIpc) is 2.53. The lowest BCUT2D eigenvalue weighted by molar-refractivity contribution is -0.158. The zero-order valence-electron chi connectivity index (χ0n) is 12.9. The molecule has 5 nitrogen and oxygen atoms in total. The first-order valence-electron chi connectivity index (χ1n) is 8.44. The van der Waals surface area contributed by atoms with Crippen LogP contribution in [0.4, 0.5) is 0 Å². The van der Waals surface area contributed by atoms with Crippen molar-refractivity contribution in [1.29, 1.82) is 0 Å². The number of hydrogen-bond acceptors (Lipinski definition) is 5. The number of hydrogen-bond donors (Lipinski definition) is 2. The van der Waals surface area contributed by atoms with E-state index in [9.17, 15) is 9.59 Å². The van der Waals surface area contributed by atoms with E-state index in [-0.39, 0.29) is 13.1 Å². The van der Waals surface area contributed by atoms with Gasteiger partial charge in [0.25, 0.3) is 0 Å². The predicted molar refractivity (Wildman–Crippen MR) is 80.9 cm³/mol. The molecule has 0 radical (unpaired) electrons. The first kappa shape index (κ1) is 16.4. The minimum atomic E-state index is -0.462. The molecule has 0 atom stereocenters. The molecular weight excluding hydrogens is 268 g/mol. The second kappa shape index (κ2) is 9.15. The molecule has 0 unspecified atom stereocenters. The molecule has 0 bridgehead atoms. The molecule has 2 rings (SSSR count). The molecule has 2 fully saturated rings. The standard InChI is InChI=1S/C16H28N2O3/c19-15(11-17-13-7-3-1-4-8-13)21-16(20)12-18-14-9-5-2-6-10-14/h13-14,17-18H,1-12H2. The minimum absolute atomic E-state index is 0.139. The van der Waals surface area contributed by atoms with Crippen molar-refractivity contribution in [3.05, 3.63) is 0 Å². The van der Waals surface area contributed by atoms with Gasteiger partial charge in [-0.1, -0.05) is 38.5 Å². The van der Waals surface area contributed by atoms with E-state index in [4.69, 9.17) is 4.74 Å². The summed E-state index contributed by atoms with van der Waals surface area (Å²) in [4.78, 5) is 23.2. The number of carbonyl (C=O) groups is 2. The molecule has 21 heavy (non-hydrogen) atoms. The summed E-state index contributed by atoms with van der Waals surface area (Å²) in [5.41, 5.74) is 0. The Bertz CT molecular complexity index is 302.